The monoisotopic (exact) mass is 351 g/mol. The summed E-state index contributed by atoms with van der Waals surface area (Å²) < 4.78 is 39.9. The van der Waals surface area contributed by atoms with E-state index < -0.39 is 17.3 Å². The number of aryl methyl sites for hydroxylation is 2. The van der Waals surface area contributed by atoms with Crippen molar-refractivity contribution in [1.82, 2.24) is 9.66 Å². The van der Waals surface area contributed by atoms with Crippen molar-refractivity contribution in [3.63, 3.8) is 0 Å². The molecule has 3 rings (SSSR count). The molecule has 0 aliphatic carbocycles. The maximum atomic E-state index is 13.0. The Morgan fingerprint density at radius 2 is 1.96 bits per heavy atom. The van der Waals surface area contributed by atoms with E-state index in [4.69, 9.17) is 0 Å². The first-order valence-electron chi connectivity index (χ1n) is 6.97. The van der Waals surface area contributed by atoms with Crippen molar-refractivity contribution in [3.8, 4) is 0 Å². The standard InChI is InChI=1S/C16H12F3N3OS/c1-9-10(2)24-14-13(9)15(23)22(8-20-14)21-7-11-5-3-4-6-12(11)16(17,18)19/h3-8H,1-2H3/b21-7+. The number of hydrogen-bond donors (Lipinski definition) is 0. The summed E-state index contributed by atoms with van der Waals surface area (Å²) in [4.78, 5) is 18.2. The molecule has 0 fully saturated rings. The molecule has 3 aromatic rings. The highest BCUT2D eigenvalue weighted by Crippen LogP contribution is 2.31. The molecule has 2 aromatic heterocycles. The number of rotatable bonds is 2. The van der Waals surface area contributed by atoms with Gasteiger partial charge in [-0.2, -0.15) is 22.9 Å². The number of thiophene rings is 1. The highest BCUT2D eigenvalue weighted by Gasteiger charge is 2.32. The van der Waals surface area contributed by atoms with E-state index in [-0.39, 0.29) is 5.56 Å². The zero-order valence-electron chi connectivity index (χ0n) is 12.8. The quantitative estimate of drug-likeness (QED) is 0.656. The van der Waals surface area contributed by atoms with Gasteiger partial charge in [0.2, 0.25) is 0 Å². The van der Waals surface area contributed by atoms with Crippen LogP contribution in [-0.2, 0) is 6.18 Å². The van der Waals surface area contributed by atoms with Gasteiger partial charge in [-0.25, -0.2) is 4.98 Å². The molecular formula is C16H12F3N3OS. The fourth-order valence-corrected chi connectivity index (χ4v) is 3.29. The smallest absolute Gasteiger partial charge is 0.267 e. The molecule has 0 N–H and O–H groups in total. The fourth-order valence-electron chi connectivity index (χ4n) is 2.30. The van der Waals surface area contributed by atoms with Gasteiger partial charge in [-0.15, -0.1) is 11.3 Å². The summed E-state index contributed by atoms with van der Waals surface area (Å²) in [5.41, 5.74) is -0.510. The predicted molar refractivity (Wildman–Crippen MR) is 87.8 cm³/mol. The van der Waals surface area contributed by atoms with E-state index in [9.17, 15) is 18.0 Å². The minimum Gasteiger partial charge on any atom is -0.267 e. The van der Waals surface area contributed by atoms with Gasteiger partial charge >= 0.3 is 6.18 Å². The average Bonchev–Trinajstić information content (AvgIpc) is 2.81. The van der Waals surface area contributed by atoms with Crippen LogP contribution >= 0.6 is 11.3 Å². The summed E-state index contributed by atoms with van der Waals surface area (Å²) in [6.45, 7) is 3.69. The van der Waals surface area contributed by atoms with Crippen LogP contribution in [0.25, 0.3) is 10.2 Å². The van der Waals surface area contributed by atoms with Gasteiger partial charge in [0.15, 0.2) is 0 Å². The van der Waals surface area contributed by atoms with Crippen LogP contribution in [0, 0.1) is 13.8 Å². The minimum atomic E-state index is -4.49. The molecule has 0 radical (unpaired) electrons. The molecule has 8 heteroatoms. The van der Waals surface area contributed by atoms with Gasteiger partial charge in [-0.1, -0.05) is 18.2 Å². The second-order valence-corrected chi connectivity index (χ2v) is 6.39. The molecule has 124 valence electrons. The van der Waals surface area contributed by atoms with E-state index in [2.05, 4.69) is 10.1 Å². The molecule has 0 bridgehead atoms. The molecule has 1 aromatic carbocycles. The van der Waals surface area contributed by atoms with Crippen molar-refractivity contribution in [2.75, 3.05) is 0 Å². The Balaban J connectivity index is 2.08. The minimum absolute atomic E-state index is 0.116. The molecule has 0 amide bonds. The SMILES string of the molecule is Cc1sc2ncn(/N=C/c3ccccc3C(F)(F)F)c(=O)c2c1C. The van der Waals surface area contributed by atoms with Crippen molar-refractivity contribution >= 4 is 27.8 Å². The van der Waals surface area contributed by atoms with Crippen LogP contribution < -0.4 is 5.56 Å². The number of fused-ring (bicyclic) bond motifs is 1. The maximum absolute atomic E-state index is 13.0. The third-order valence-electron chi connectivity index (χ3n) is 3.66. The third-order valence-corrected chi connectivity index (χ3v) is 4.78. The first-order valence-corrected chi connectivity index (χ1v) is 7.78. The van der Waals surface area contributed by atoms with E-state index in [1.165, 1.54) is 35.9 Å². The van der Waals surface area contributed by atoms with E-state index in [1.54, 1.807) is 0 Å². The number of alkyl halides is 3. The van der Waals surface area contributed by atoms with Gasteiger partial charge in [-0.05, 0) is 25.5 Å². The summed E-state index contributed by atoms with van der Waals surface area (Å²) >= 11 is 1.40. The number of halogens is 3. The van der Waals surface area contributed by atoms with Gasteiger partial charge in [0.05, 0.1) is 17.2 Å². The Labute approximate surface area is 138 Å². The topological polar surface area (TPSA) is 47.2 Å². The van der Waals surface area contributed by atoms with Gasteiger partial charge < -0.3 is 0 Å². The molecule has 0 unspecified atom stereocenters. The molecule has 24 heavy (non-hydrogen) atoms. The summed E-state index contributed by atoms with van der Waals surface area (Å²) in [5.74, 6) is 0. The molecule has 0 aliphatic rings. The van der Waals surface area contributed by atoms with Crippen molar-refractivity contribution in [2.45, 2.75) is 20.0 Å². The zero-order valence-corrected chi connectivity index (χ0v) is 13.6. The Morgan fingerprint density at radius 3 is 2.67 bits per heavy atom. The molecule has 0 saturated carbocycles. The number of aromatic nitrogens is 2. The number of benzene rings is 1. The van der Waals surface area contributed by atoms with Crippen LogP contribution in [0.4, 0.5) is 13.2 Å². The van der Waals surface area contributed by atoms with Gasteiger partial charge in [0.1, 0.15) is 11.2 Å². The lowest BCUT2D eigenvalue weighted by Gasteiger charge is -2.09. The van der Waals surface area contributed by atoms with Crippen LogP contribution in [0.2, 0.25) is 0 Å². The second kappa shape index (κ2) is 5.86. The average molecular weight is 351 g/mol. The fraction of sp³-hybridized carbons (Fsp3) is 0.188. The summed E-state index contributed by atoms with van der Waals surface area (Å²) in [6.07, 6.45) is -2.25. The lowest BCUT2D eigenvalue weighted by atomic mass is 10.1. The van der Waals surface area contributed by atoms with Crippen molar-refractivity contribution in [1.29, 1.82) is 0 Å². The Hall–Kier alpha value is -2.48. The highest BCUT2D eigenvalue weighted by molar-refractivity contribution is 7.18. The second-order valence-electron chi connectivity index (χ2n) is 5.19. The van der Waals surface area contributed by atoms with Crippen molar-refractivity contribution in [2.24, 2.45) is 5.10 Å². The molecule has 0 spiro atoms. The van der Waals surface area contributed by atoms with Crippen LogP contribution in [0.5, 0.6) is 0 Å². The Morgan fingerprint density at radius 1 is 1.25 bits per heavy atom. The first kappa shape index (κ1) is 16.4. The van der Waals surface area contributed by atoms with Crippen LogP contribution in [0.15, 0.2) is 40.5 Å². The zero-order chi connectivity index (χ0) is 17.5. The molecule has 4 nitrogen and oxygen atoms in total. The first-order chi connectivity index (χ1) is 11.3. The normalized spacial score (nSPS) is 12.4. The van der Waals surface area contributed by atoms with E-state index in [0.29, 0.717) is 10.2 Å². The van der Waals surface area contributed by atoms with Crippen LogP contribution in [-0.4, -0.2) is 15.9 Å². The van der Waals surface area contributed by atoms with Crippen molar-refractivity contribution in [3.05, 3.63) is 62.5 Å². The van der Waals surface area contributed by atoms with E-state index in [0.717, 1.165) is 27.4 Å². The molecule has 0 aliphatic heterocycles. The lowest BCUT2D eigenvalue weighted by Crippen LogP contribution is -2.17. The Bertz CT molecular complexity index is 1000. The predicted octanol–water partition coefficient (Wildman–Crippen LogP) is 3.98. The van der Waals surface area contributed by atoms with E-state index >= 15 is 0 Å². The highest BCUT2D eigenvalue weighted by atomic mass is 32.1. The lowest BCUT2D eigenvalue weighted by molar-refractivity contribution is -0.137. The molecular weight excluding hydrogens is 339 g/mol. The maximum Gasteiger partial charge on any atom is 0.417 e. The number of nitrogens with zero attached hydrogens (tertiary/aromatic N) is 3. The largest absolute Gasteiger partial charge is 0.417 e. The van der Waals surface area contributed by atoms with Crippen molar-refractivity contribution < 1.29 is 13.2 Å². The third kappa shape index (κ3) is 2.84. The number of hydrogen-bond acceptors (Lipinski definition) is 4. The van der Waals surface area contributed by atoms with Gasteiger partial charge in [-0.3, -0.25) is 4.79 Å². The Kier molecular flexibility index (Phi) is 4.00. The summed E-state index contributed by atoms with van der Waals surface area (Å²) in [6, 6.07) is 5.05. The van der Waals surface area contributed by atoms with Gasteiger partial charge in [0, 0.05) is 10.4 Å². The molecule has 0 saturated heterocycles. The molecule has 0 atom stereocenters. The summed E-state index contributed by atoms with van der Waals surface area (Å²) in [7, 11) is 0. The molecule has 2 heterocycles. The van der Waals surface area contributed by atoms with Crippen LogP contribution in [0.3, 0.4) is 0 Å². The van der Waals surface area contributed by atoms with E-state index in [1.807, 2.05) is 13.8 Å². The van der Waals surface area contributed by atoms with Gasteiger partial charge in [0.25, 0.3) is 5.56 Å². The summed E-state index contributed by atoms with van der Waals surface area (Å²) in [5, 5.41) is 4.32. The van der Waals surface area contributed by atoms with Crippen LogP contribution in [0.1, 0.15) is 21.6 Å².